The van der Waals surface area contributed by atoms with Crippen molar-refractivity contribution in [1.29, 1.82) is 0 Å². The van der Waals surface area contributed by atoms with Crippen LogP contribution in [0.25, 0.3) is 0 Å². The van der Waals surface area contributed by atoms with E-state index in [4.69, 9.17) is 10.0 Å². The molecule has 0 aromatic heterocycles. The molecule has 0 aliphatic heterocycles. The molecule has 1 aromatic rings. The zero-order valence-electron chi connectivity index (χ0n) is 8.92. The molecule has 0 aliphatic carbocycles. The van der Waals surface area contributed by atoms with Gasteiger partial charge in [0.1, 0.15) is 0 Å². The van der Waals surface area contributed by atoms with E-state index in [1.807, 2.05) is 0 Å². The third kappa shape index (κ3) is 3.51. The summed E-state index contributed by atoms with van der Waals surface area (Å²) in [7, 11) is -5.11. The smallest absolute Gasteiger partial charge is 0.423 e. The molecule has 16 heavy (non-hydrogen) atoms. The Bertz CT molecular complexity index is 447. The van der Waals surface area contributed by atoms with E-state index in [-0.39, 0.29) is 16.9 Å². The van der Waals surface area contributed by atoms with Crippen molar-refractivity contribution in [2.75, 3.05) is 10.5 Å². The molecule has 0 saturated heterocycles. The molecule has 88 valence electrons. The van der Waals surface area contributed by atoms with Crippen molar-refractivity contribution in [1.82, 2.24) is 0 Å². The fourth-order valence-electron chi connectivity index (χ4n) is 1.30. The van der Waals surface area contributed by atoms with Gasteiger partial charge < -0.3 is 10.0 Å². The van der Waals surface area contributed by atoms with Gasteiger partial charge in [-0.05, 0) is 12.5 Å². The predicted octanol–water partition coefficient (Wildman–Crippen LogP) is -0.482. The Balaban J connectivity index is 2.97. The van der Waals surface area contributed by atoms with Crippen LogP contribution in [0.1, 0.15) is 13.3 Å². The molecule has 5 nitrogen and oxygen atoms in total. The Morgan fingerprint density at radius 2 is 1.94 bits per heavy atom. The first-order chi connectivity index (χ1) is 7.46. The number of sulfonamides is 1. The molecule has 0 radical (unpaired) electrons. The summed E-state index contributed by atoms with van der Waals surface area (Å²) in [5.74, 6) is 0.00284. The van der Waals surface area contributed by atoms with Crippen molar-refractivity contribution in [3.8, 4) is 0 Å². The Labute approximate surface area is 95.3 Å². The quantitative estimate of drug-likeness (QED) is 0.609. The van der Waals surface area contributed by atoms with E-state index in [0.717, 1.165) is 0 Å². The summed E-state index contributed by atoms with van der Waals surface area (Å²) in [5, 5.41) is 18.1. The molecule has 1 rings (SSSR count). The Kier molecular flexibility index (Phi) is 4.34. The minimum Gasteiger partial charge on any atom is -0.423 e. The highest BCUT2D eigenvalue weighted by Crippen LogP contribution is 2.07. The summed E-state index contributed by atoms with van der Waals surface area (Å²) in [4.78, 5) is 0. The van der Waals surface area contributed by atoms with Crippen LogP contribution in [0.3, 0.4) is 0 Å². The van der Waals surface area contributed by atoms with Gasteiger partial charge in [-0.3, -0.25) is 4.72 Å². The van der Waals surface area contributed by atoms with Crippen molar-refractivity contribution in [2.45, 2.75) is 13.3 Å². The van der Waals surface area contributed by atoms with Crippen LogP contribution in [0.2, 0.25) is 0 Å². The molecule has 0 heterocycles. The zero-order chi connectivity index (χ0) is 12.2. The van der Waals surface area contributed by atoms with Gasteiger partial charge in [0.25, 0.3) is 0 Å². The van der Waals surface area contributed by atoms with Crippen LogP contribution in [-0.2, 0) is 10.0 Å². The topological polar surface area (TPSA) is 86.6 Å². The van der Waals surface area contributed by atoms with Crippen molar-refractivity contribution < 1.29 is 18.5 Å². The van der Waals surface area contributed by atoms with Crippen LogP contribution in [0.4, 0.5) is 5.69 Å². The molecule has 0 unspecified atom stereocenters. The van der Waals surface area contributed by atoms with E-state index in [1.165, 1.54) is 12.1 Å². The molecule has 3 N–H and O–H groups in total. The maximum atomic E-state index is 11.5. The first-order valence-corrected chi connectivity index (χ1v) is 6.57. The van der Waals surface area contributed by atoms with Gasteiger partial charge >= 0.3 is 7.12 Å². The molecular weight excluding hydrogens is 229 g/mol. The Hall–Kier alpha value is -1.05. The number of benzene rings is 1. The normalized spacial score (nSPS) is 11.2. The summed E-state index contributed by atoms with van der Waals surface area (Å²) in [6.45, 7) is 1.76. The van der Waals surface area contributed by atoms with Crippen molar-refractivity contribution in [2.24, 2.45) is 0 Å². The molecule has 0 saturated carbocycles. The Morgan fingerprint density at radius 1 is 1.31 bits per heavy atom. The first kappa shape index (κ1) is 13.0. The van der Waals surface area contributed by atoms with Crippen molar-refractivity contribution in [3.05, 3.63) is 24.3 Å². The molecule has 0 bridgehead atoms. The second-order valence-corrected chi connectivity index (χ2v) is 5.22. The molecule has 0 amide bonds. The summed E-state index contributed by atoms with van der Waals surface area (Å²) in [6.07, 6.45) is 0.499. The molecule has 1 aromatic carbocycles. The van der Waals surface area contributed by atoms with Crippen molar-refractivity contribution >= 4 is 28.3 Å². The van der Waals surface area contributed by atoms with Gasteiger partial charge in [-0.1, -0.05) is 25.1 Å². The number of hydrogen-bond acceptors (Lipinski definition) is 4. The first-order valence-electron chi connectivity index (χ1n) is 4.92. The van der Waals surface area contributed by atoms with Crippen LogP contribution in [-0.4, -0.2) is 31.3 Å². The fourth-order valence-corrected chi connectivity index (χ4v) is 2.46. The molecule has 0 atom stereocenters. The van der Waals surface area contributed by atoms with Gasteiger partial charge in [0, 0.05) is 11.2 Å². The lowest BCUT2D eigenvalue weighted by Crippen LogP contribution is -2.33. The average molecular weight is 243 g/mol. The lowest BCUT2D eigenvalue weighted by atomic mass is 9.79. The van der Waals surface area contributed by atoms with E-state index in [2.05, 4.69) is 4.72 Å². The van der Waals surface area contributed by atoms with E-state index in [9.17, 15) is 8.42 Å². The van der Waals surface area contributed by atoms with E-state index >= 15 is 0 Å². The van der Waals surface area contributed by atoms with Crippen LogP contribution in [0.15, 0.2) is 24.3 Å². The lowest BCUT2D eigenvalue weighted by Gasteiger charge is -2.11. The van der Waals surface area contributed by atoms with E-state index in [1.54, 1.807) is 19.1 Å². The number of para-hydroxylation sites is 1. The summed E-state index contributed by atoms with van der Waals surface area (Å²) in [5.41, 5.74) is 0.341. The highest BCUT2D eigenvalue weighted by Gasteiger charge is 2.18. The highest BCUT2D eigenvalue weighted by atomic mass is 32.2. The molecule has 7 heteroatoms. The predicted molar refractivity (Wildman–Crippen MR) is 64.0 cm³/mol. The number of hydrogen-bond donors (Lipinski definition) is 3. The lowest BCUT2D eigenvalue weighted by molar-refractivity contribution is 0.426. The summed E-state index contributed by atoms with van der Waals surface area (Å²) >= 11 is 0. The number of rotatable bonds is 5. The average Bonchev–Trinajstić information content (AvgIpc) is 2.17. The SMILES string of the molecule is CCCS(=O)(=O)Nc1ccccc1B(O)O. The minimum atomic E-state index is -3.41. The maximum Gasteiger partial charge on any atom is 0.490 e. The van der Waals surface area contributed by atoms with E-state index < -0.39 is 17.1 Å². The maximum absolute atomic E-state index is 11.5. The zero-order valence-corrected chi connectivity index (χ0v) is 9.74. The second kappa shape index (κ2) is 5.33. The van der Waals surface area contributed by atoms with Crippen LogP contribution < -0.4 is 10.2 Å². The van der Waals surface area contributed by atoms with Gasteiger partial charge in [-0.2, -0.15) is 0 Å². The molecule has 0 aliphatic rings. The van der Waals surface area contributed by atoms with E-state index in [0.29, 0.717) is 6.42 Å². The second-order valence-electron chi connectivity index (χ2n) is 3.38. The summed E-state index contributed by atoms with van der Waals surface area (Å²) < 4.78 is 25.3. The largest absolute Gasteiger partial charge is 0.490 e. The van der Waals surface area contributed by atoms with Crippen LogP contribution in [0, 0.1) is 0 Å². The molecular formula is C9H14BNO4S. The van der Waals surface area contributed by atoms with Gasteiger partial charge in [0.05, 0.1) is 5.75 Å². The van der Waals surface area contributed by atoms with Crippen LogP contribution >= 0.6 is 0 Å². The highest BCUT2D eigenvalue weighted by molar-refractivity contribution is 7.92. The van der Waals surface area contributed by atoms with Gasteiger partial charge in [0.2, 0.25) is 10.0 Å². The Morgan fingerprint density at radius 3 is 2.50 bits per heavy atom. The van der Waals surface area contributed by atoms with Crippen molar-refractivity contribution in [3.63, 3.8) is 0 Å². The third-order valence-corrected chi connectivity index (χ3v) is 3.45. The molecule has 0 fully saturated rings. The van der Waals surface area contributed by atoms with Gasteiger partial charge in [-0.25, -0.2) is 8.42 Å². The fraction of sp³-hybridized carbons (Fsp3) is 0.333. The minimum absolute atomic E-state index is 0.00284. The standard InChI is InChI=1S/C9H14BNO4S/c1-2-7-16(14,15)11-9-6-4-3-5-8(9)10(12)13/h3-6,11-13H,2,7H2,1H3. The number of nitrogens with one attached hydrogen (secondary N) is 1. The molecule has 0 spiro atoms. The summed E-state index contributed by atoms with van der Waals surface area (Å²) in [6, 6.07) is 6.17. The third-order valence-electron chi connectivity index (χ3n) is 1.98. The number of anilines is 1. The monoisotopic (exact) mass is 243 g/mol. The van der Waals surface area contributed by atoms with Gasteiger partial charge in [0.15, 0.2) is 0 Å². The van der Waals surface area contributed by atoms with Gasteiger partial charge in [-0.15, -0.1) is 0 Å². The van der Waals surface area contributed by atoms with Crippen LogP contribution in [0.5, 0.6) is 0 Å².